The zero-order chi connectivity index (χ0) is 14.5. The Bertz CT molecular complexity index is 470. The number of nitrogen functional groups attached to an aromatic ring is 1. The van der Waals surface area contributed by atoms with E-state index in [1.165, 1.54) is 25.9 Å². The lowest BCUT2D eigenvalue weighted by Gasteiger charge is -2.26. The predicted molar refractivity (Wildman–Crippen MR) is 81.4 cm³/mol. The third-order valence-corrected chi connectivity index (χ3v) is 3.90. The summed E-state index contributed by atoms with van der Waals surface area (Å²) in [4.78, 5) is 15.7. The number of anilines is 2. The van der Waals surface area contributed by atoms with Crippen molar-refractivity contribution in [1.82, 2.24) is 4.90 Å². The molecule has 0 aliphatic carbocycles. The summed E-state index contributed by atoms with van der Waals surface area (Å²) in [6.07, 6.45) is 2.60. The first kappa shape index (κ1) is 14.7. The summed E-state index contributed by atoms with van der Waals surface area (Å²) in [7, 11) is 0. The van der Waals surface area contributed by atoms with Crippen LogP contribution >= 0.6 is 0 Å². The SMILES string of the molecule is CCN(CCN1CCCC1)c1ccc(C(=O)O)c(N)c1. The number of likely N-dealkylation sites (tertiary alicyclic amines) is 1. The van der Waals surface area contributed by atoms with Crippen molar-refractivity contribution in [3.8, 4) is 0 Å². The number of carbonyl (C=O) groups is 1. The van der Waals surface area contributed by atoms with E-state index in [-0.39, 0.29) is 5.56 Å². The first-order valence-electron chi connectivity index (χ1n) is 7.22. The monoisotopic (exact) mass is 277 g/mol. The first-order valence-corrected chi connectivity index (χ1v) is 7.22. The highest BCUT2D eigenvalue weighted by Gasteiger charge is 2.14. The van der Waals surface area contributed by atoms with Crippen LogP contribution in [-0.2, 0) is 0 Å². The Morgan fingerprint density at radius 3 is 2.65 bits per heavy atom. The van der Waals surface area contributed by atoms with E-state index in [4.69, 9.17) is 10.8 Å². The second-order valence-electron chi connectivity index (χ2n) is 5.21. The smallest absolute Gasteiger partial charge is 0.337 e. The summed E-state index contributed by atoms with van der Waals surface area (Å²) in [5, 5.41) is 9.00. The molecule has 5 heteroatoms. The molecule has 3 N–H and O–H groups in total. The van der Waals surface area contributed by atoms with Crippen molar-refractivity contribution in [2.24, 2.45) is 0 Å². The minimum atomic E-state index is -0.978. The Hall–Kier alpha value is -1.75. The van der Waals surface area contributed by atoms with Crippen LogP contribution in [0.1, 0.15) is 30.1 Å². The average molecular weight is 277 g/mol. The molecule has 5 nitrogen and oxygen atoms in total. The molecular formula is C15H23N3O2. The number of hydrogen-bond donors (Lipinski definition) is 2. The van der Waals surface area contributed by atoms with Gasteiger partial charge in [-0.2, -0.15) is 0 Å². The molecular weight excluding hydrogens is 254 g/mol. The van der Waals surface area contributed by atoms with Gasteiger partial charge >= 0.3 is 5.97 Å². The van der Waals surface area contributed by atoms with E-state index in [0.717, 1.165) is 25.3 Å². The molecule has 0 amide bonds. The Balaban J connectivity index is 2.02. The molecule has 0 unspecified atom stereocenters. The molecule has 1 fully saturated rings. The average Bonchev–Trinajstić information content (AvgIpc) is 2.92. The number of nitrogens with two attached hydrogens (primary N) is 1. The fraction of sp³-hybridized carbons (Fsp3) is 0.533. The van der Waals surface area contributed by atoms with E-state index in [0.29, 0.717) is 5.69 Å². The van der Waals surface area contributed by atoms with Crippen molar-refractivity contribution in [2.45, 2.75) is 19.8 Å². The predicted octanol–water partition coefficient (Wildman–Crippen LogP) is 1.89. The molecule has 1 aromatic rings. The van der Waals surface area contributed by atoms with Gasteiger partial charge in [0.25, 0.3) is 0 Å². The normalized spacial score (nSPS) is 15.4. The molecule has 1 heterocycles. The molecule has 0 spiro atoms. The molecule has 20 heavy (non-hydrogen) atoms. The number of likely N-dealkylation sites (N-methyl/N-ethyl adjacent to an activating group) is 1. The van der Waals surface area contributed by atoms with Crippen LogP contribution in [0.4, 0.5) is 11.4 Å². The van der Waals surface area contributed by atoms with Crippen molar-refractivity contribution in [3.05, 3.63) is 23.8 Å². The van der Waals surface area contributed by atoms with E-state index >= 15 is 0 Å². The van der Waals surface area contributed by atoms with Crippen LogP contribution in [0.5, 0.6) is 0 Å². The van der Waals surface area contributed by atoms with Crippen molar-refractivity contribution >= 4 is 17.3 Å². The second-order valence-corrected chi connectivity index (χ2v) is 5.21. The summed E-state index contributed by atoms with van der Waals surface area (Å²) in [6.45, 7) is 7.37. The summed E-state index contributed by atoms with van der Waals surface area (Å²) >= 11 is 0. The zero-order valence-corrected chi connectivity index (χ0v) is 12.0. The summed E-state index contributed by atoms with van der Waals surface area (Å²) in [5.41, 5.74) is 7.31. The lowest BCUT2D eigenvalue weighted by atomic mass is 10.1. The van der Waals surface area contributed by atoms with E-state index in [1.54, 1.807) is 12.1 Å². The van der Waals surface area contributed by atoms with E-state index in [1.807, 2.05) is 6.07 Å². The molecule has 0 bridgehead atoms. The summed E-state index contributed by atoms with van der Waals surface area (Å²) in [6, 6.07) is 5.19. The molecule has 1 aromatic carbocycles. The van der Waals surface area contributed by atoms with Gasteiger partial charge in [0.1, 0.15) is 0 Å². The fourth-order valence-corrected chi connectivity index (χ4v) is 2.68. The van der Waals surface area contributed by atoms with Gasteiger partial charge < -0.3 is 20.6 Å². The summed E-state index contributed by atoms with van der Waals surface area (Å²) in [5.74, 6) is -0.978. The maximum Gasteiger partial charge on any atom is 0.337 e. The molecule has 0 aromatic heterocycles. The minimum Gasteiger partial charge on any atom is -0.478 e. The van der Waals surface area contributed by atoms with Crippen LogP contribution < -0.4 is 10.6 Å². The quantitative estimate of drug-likeness (QED) is 0.777. The number of carboxylic acids is 1. The van der Waals surface area contributed by atoms with Gasteiger partial charge in [-0.05, 0) is 51.1 Å². The topological polar surface area (TPSA) is 69.8 Å². The minimum absolute atomic E-state index is 0.171. The second kappa shape index (κ2) is 6.61. The first-order chi connectivity index (χ1) is 9.61. The highest BCUT2D eigenvalue weighted by atomic mass is 16.4. The number of carboxylic acid groups (broad SMARTS) is 1. The van der Waals surface area contributed by atoms with Crippen LogP contribution in [0.15, 0.2) is 18.2 Å². The van der Waals surface area contributed by atoms with Crippen LogP contribution in [0, 0.1) is 0 Å². The van der Waals surface area contributed by atoms with Gasteiger partial charge in [0, 0.05) is 31.0 Å². The Labute approximate surface area is 120 Å². The van der Waals surface area contributed by atoms with Crippen LogP contribution in [0.25, 0.3) is 0 Å². The molecule has 1 aliphatic heterocycles. The Morgan fingerprint density at radius 1 is 1.40 bits per heavy atom. The molecule has 0 saturated carbocycles. The lowest BCUT2D eigenvalue weighted by Crippen LogP contribution is -2.33. The van der Waals surface area contributed by atoms with Crippen molar-refractivity contribution in [1.29, 1.82) is 0 Å². The molecule has 0 radical (unpaired) electrons. The van der Waals surface area contributed by atoms with Gasteiger partial charge in [-0.1, -0.05) is 0 Å². The van der Waals surface area contributed by atoms with Crippen LogP contribution in [0.3, 0.4) is 0 Å². The lowest BCUT2D eigenvalue weighted by molar-refractivity contribution is 0.0698. The largest absolute Gasteiger partial charge is 0.478 e. The van der Waals surface area contributed by atoms with Gasteiger partial charge in [-0.3, -0.25) is 0 Å². The maximum atomic E-state index is 11.0. The standard InChI is InChI=1S/C15H23N3O2/c1-2-18(10-9-17-7-3-4-8-17)12-5-6-13(15(19)20)14(16)11-12/h5-6,11H,2-4,7-10,16H2,1H3,(H,19,20). The number of nitrogens with zero attached hydrogens (tertiary/aromatic N) is 2. The van der Waals surface area contributed by atoms with Crippen molar-refractivity contribution in [3.63, 3.8) is 0 Å². The zero-order valence-electron chi connectivity index (χ0n) is 12.0. The van der Waals surface area contributed by atoms with Crippen molar-refractivity contribution < 1.29 is 9.90 Å². The third kappa shape index (κ3) is 3.42. The van der Waals surface area contributed by atoms with E-state index < -0.39 is 5.97 Å². The highest BCUT2D eigenvalue weighted by Crippen LogP contribution is 2.21. The van der Waals surface area contributed by atoms with Gasteiger partial charge in [0.15, 0.2) is 0 Å². The molecule has 2 rings (SSSR count). The van der Waals surface area contributed by atoms with Crippen LogP contribution in [-0.4, -0.2) is 48.7 Å². The number of benzene rings is 1. The van der Waals surface area contributed by atoms with E-state index in [9.17, 15) is 4.79 Å². The Kier molecular flexibility index (Phi) is 4.84. The molecule has 110 valence electrons. The van der Waals surface area contributed by atoms with Gasteiger partial charge in [-0.25, -0.2) is 4.79 Å². The molecule has 0 atom stereocenters. The number of aromatic carboxylic acids is 1. The Morgan fingerprint density at radius 2 is 2.10 bits per heavy atom. The van der Waals surface area contributed by atoms with Gasteiger partial charge in [0.05, 0.1) is 5.56 Å². The highest BCUT2D eigenvalue weighted by molar-refractivity contribution is 5.94. The maximum absolute atomic E-state index is 11.0. The van der Waals surface area contributed by atoms with E-state index in [2.05, 4.69) is 16.7 Å². The molecule has 1 aliphatic rings. The van der Waals surface area contributed by atoms with Crippen LogP contribution in [0.2, 0.25) is 0 Å². The van der Waals surface area contributed by atoms with Crippen molar-refractivity contribution in [2.75, 3.05) is 43.4 Å². The number of hydrogen-bond acceptors (Lipinski definition) is 4. The van der Waals surface area contributed by atoms with Gasteiger partial charge in [-0.15, -0.1) is 0 Å². The third-order valence-electron chi connectivity index (χ3n) is 3.90. The fourth-order valence-electron chi connectivity index (χ4n) is 2.68. The molecule has 1 saturated heterocycles. The summed E-state index contributed by atoms with van der Waals surface area (Å²) < 4.78 is 0. The number of rotatable bonds is 6. The van der Waals surface area contributed by atoms with Gasteiger partial charge in [0.2, 0.25) is 0 Å².